The lowest BCUT2D eigenvalue weighted by Gasteiger charge is -2.28. The summed E-state index contributed by atoms with van der Waals surface area (Å²) in [7, 11) is 0. The van der Waals surface area contributed by atoms with Crippen LogP contribution in [0.25, 0.3) is 11.1 Å². The Bertz CT molecular complexity index is 1170. The molecule has 0 radical (unpaired) electrons. The van der Waals surface area contributed by atoms with E-state index in [1.165, 1.54) is 0 Å². The van der Waals surface area contributed by atoms with Crippen molar-refractivity contribution in [1.29, 1.82) is 0 Å². The molecule has 3 aromatic rings. The number of nitrogens with one attached hydrogen (secondary N) is 1. The maximum atomic E-state index is 13.3. The van der Waals surface area contributed by atoms with Crippen LogP contribution in [-0.4, -0.2) is 36.8 Å². The van der Waals surface area contributed by atoms with Gasteiger partial charge in [-0.25, -0.2) is 0 Å². The number of ketones is 1. The Kier molecular flexibility index (Phi) is 9.11. The number of carbonyl (C=O) groups is 4. The largest absolute Gasteiger partial charge is 0.465 e. The summed E-state index contributed by atoms with van der Waals surface area (Å²) in [6.07, 6.45) is -1.18. The maximum Gasteiger partial charge on any atom is 0.324 e. The molecule has 0 bridgehead atoms. The summed E-state index contributed by atoms with van der Waals surface area (Å²) in [4.78, 5) is 52.5. The monoisotopic (exact) mass is 487 g/mol. The minimum Gasteiger partial charge on any atom is -0.465 e. The molecule has 0 saturated carbocycles. The molecular weight excluding hydrogens is 458 g/mol. The van der Waals surface area contributed by atoms with Crippen molar-refractivity contribution in [2.24, 2.45) is 5.41 Å². The molecule has 0 aliphatic heterocycles. The van der Waals surface area contributed by atoms with Gasteiger partial charge in [-0.2, -0.15) is 0 Å². The number of hydrogen-bond donors (Lipinski definition) is 1. The number of ether oxygens (including phenoxy) is 2. The predicted molar refractivity (Wildman–Crippen MR) is 136 cm³/mol. The van der Waals surface area contributed by atoms with Crippen molar-refractivity contribution in [2.75, 3.05) is 18.5 Å². The Morgan fingerprint density at radius 1 is 0.667 bits per heavy atom. The molecule has 0 aromatic heterocycles. The second kappa shape index (κ2) is 12.4. The highest BCUT2D eigenvalue weighted by molar-refractivity contribution is 6.11. The third-order valence-electron chi connectivity index (χ3n) is 5.63. The number of amides is 1. The van der Waals surface area contributed by atoms with Gasteiger partial charge in [0.25, 0.3) is 0 Å². The zero-order valence-electron chi connectivity index (χ0n) is 20.4. The molecule has 7 heteroatoms. The molecule has 186 valence electrons. The highest BCUT2D eigenvalue weighted by Crippen LogP contribution is 2.33. The predicted octanol–water partition coefficient (Wildman–Crippen LogP) is 5.07. The van der Waals surface area contributed by atoms with Crippen LogP contribution in [0, 0.1) is 5.41 Å². The third kappa shape index (κ3) is 6.44. The first-order valence-electron chi connectivity index (χ1n) is 11.8. The zero-order chi connectivity index (χ0) is 26.0. The third-order valence-corrected chi connectivity index (χ3v) is 5.63. The summed E-state index contributed by atoms with van der Waals surface area (Å²) in [6.45, 7) is 3.12. The average Bonchev–Trinajstić information content (AvgIpc) is 2.89. The second-order valence-corrected chi connectivity index (χ2v) is 8.16. The Labute approximate surface area is 210 Å². The number of para-hydroxylation sites is 1. The van der Waals surface area contributed by atoms with Gasteiger partial charge in [0.05, 0.1) is 19.6 Å². The van der Waals surface area contributed by atoms with Crippen LogP contribution in [0.3, 0.4) is 0 Å². The molecule has 0 unspecified atom stereocenters. The minimum atomic E-state index is -2.12. The van der Waals surface area contributed by atoms with Crippen LogP contribution >= 0.6 is 0 Å². The van der Waals surface area contributed by atoms with E-state index >= 15 is 0 Å². The highest BCUT2D eigenvalue weighted by atomic mass is 16.6. The smallest absolute Gasteiger partial charge is 0.324 e. The molecule has 0 saturated heterocycles. The van der Waals surface area contributed by atoms with E-state index in [9.17, 15) is 19.2 Å². The summed E-state index contributed by atoms with van der Waals surface area (Å²) in [5.74, 6) is -3.04. The van der Waals surface area contributed by atoms with Gasteiger partial charge in [-0.3, -0.25) is 19.2 Å². The Balaban J connectivity index is 1.90. The Morgan fingerprint density at radius 3 is 1.69 bits per heavy atom. The second-order valence-electron chi connectivity index (χ2n) is 8.16. The van der Waals surface area contributed by atoms with E-state index in [1.807, 2.05) is 30.3 Å². The Morgan fingerprint density at radius 2 is 1.17 bits per heavy atom. The summed E-state index contributed by atoms with van der Waals surface area (Å²) >= 11 is 0. The van der Waals surface area contributed by atoms with Gasteiger partial charge in [-0.05, 0) is 37.1 Å². The highest BCUT2D eigenvalue weighted by Gasteiger charge is 2.52. The fraction of sp³-hybridized carbons (Fsp3) is 0.241. The van der Waals surface area contributed by atoms with Gasteiger partial charge in [0.15, 0.2) is 11.2 Å². The van der Waals surface area contributed by atoms with Crippen molar-refractivity contribution in [3.8, 4) is 11.1 Å². The molecule has 3 aromatic carbocycles. The average molecular weight is 488 g/mol. The fourth-order valence-corrected chi connectivity index (χ4v) is 3.83. The van der Waals surface area contributed by atoms with E-state index in [-0.39, 0.29) is 13.2 Å². The van der Waals surface area contributed by atoms with Crippen LogP contribution in [0.1, 0.15) is 37.0 Å². The van der Waals surface area contributed by atoms with Crippen molar-refractivity contribution in [1.82, 2.24) is 0 Å². The van der Waals surface area contributed by atoms with Crippen LogP contribution in [0.4, 0.5) is 5.69 Å². The number of Topliss-reactive ketones (excluding diaryl/α,β-unsaturated/α-hetero) is 1. The molecular formula is C29H29NO6. The van der Waals surface area contributed by atoms with Crippen molar-refractivity contribution >= 4 is 29.3 Å². The van der Waals surface area contributed by atoms with Gasteiger partial charge in [-0.15, -0.1) is 0 Å². The number of esters is 2. The lowest BCUT2D eigenvalue weighted by atomic mass is 9.78. The molecule has 0 spiro atoms. The van der Waals surface area contributed by atoms with Crippen molar-refractivity contribution in [2.45, 2.75) is 26.7 Å². The fourth-order valence-electron chi connectivity index (χ4n) is 3.83. The number of anilines is 1. The van der Waals surface area contributed by atoms with Crippen molar-refractivity contribution < 1.29 is 28.7 Å². The van der Waals surface area contributed by atoms with Gasteiger partial charge in [0.1, 0.15) is 0 Å². The van der Waals surface area contributed by atoms with Crippen LogP contribution in [0.2, 0.25) is 0 Å². The van der Waals surface area contributed by atoms with Gasteiger partial charge in [0, 0.05) is 17.7 Å². The SMILES string of the molecule is CCOC(=O)C(CC(=O)Nc1ccccc1)(CC(=O)c1ccc(-c2ccccc2)cc1)C(=O)OCC. The molecule has 1 amide bonds. The van der Waals surface area contributed by atoms with E-state index in [1.54, 1.807) is 68.4 Å². The number of rotatable bonds is 11. The van der Waals surface area contributed by atoms with Crippen molar-refractivity contribution in [3.05, 3.63) is 90.5 Å². The summed E-state index contributed by atoms with van der Waals surface area (Å²) in [6, 6.07) is 25.1. The molecule has 0 atom stereocenters. The molecule has 0 aliphatic rings. The van der Waals surface area contributed by atoms with Crippen LogP contribution in [-0.2, 0) is 23.9 Å². The number of hydrogen-bond acceptors (Lipinski definition) is 6. The normalized spacial score (nSPS) is 10.8. The van der Waals surface area contributed by atoms with E-state index in [0.29, 0.717) is 11.3 Å². The van der Waals surface area contributed by atoms with Gasteiger partial charge in [-0.1, -0.05) is 72.8 Å². The van der Waals surface area contributed by atoms with E-state index in [4.69, 9.17) is 9.47 Å². The lowest BCUT2D eigenvalue weighted by Crippen LogP contribution is -2.46. The van der Waals surface area contributed by atoms with E-state index in [2.05, 4.69) is 5.32 Å². The molecule has 0 aliphatic carbocycles. The van der Waals surface area contributed by atoms with E-state index < -0.39 is 41.9 Å². The van der Waals surface area contributed by atoms with Gasteiger partial charge < -0.3 is 14.8 Å². The standard InChI is InChI=1S/C29H29NO6/c1-3-35-27(33)29(28(34)36-4-2,20-26(32)30-24-13-9-6-10-14-24)19-25(31)23-17-15-22(16-18-23)21-11-7-5-8-12-21/h5-18H,3-4,19-20H2,1-2H3,(H,30,32). The van der Waals surface area contributed by atoms with Crippen molar-refractivity contribution in [3.63, 3.8) is 0 Å². The molecule has 7 nitrogen and oxygen atoms in total. The number of carbonyl (C=O) groups excluding carboxylic acids is 4. The molecule has 0 fully saturated rings. The molecule has 1 N–H and O–H groups in total. The quantitative estimate of drug-likeness (QED) is 0.230. The topological polar surface area (TPSA) is 98.8 Å². The molecule has 36 heavy (non-hydrogen) atoms. The number of benzene rings is 3. The maximum absolute atomic E-state index is 13.3. The van der Waals surface area contributed by atoms with Gasteiger partial charge >= 0.3 is 11.9 Å². The zero-order valence-corrected chi connectivity index (χ0v) is 20.4. The lowest BCUT2D eigenvalue weighted by molar-refractivity contribution is -0.173. The summed E-state index contributed by atoms with van der Waals surface area (Å²) < 4.78 is 10.3. The van der Waals surface area contributed by atoms with E-state index in [0.717, 1.165) is 11.1 Å². The first kappa shape index (κ1) is 26.3. The minimum absolute atomic E-state index is 0.0275. The summed E-state index contributed by atoms with van der Waals surface area (Å²) in [5.41, 5.74) is 0.570. The van der Waals surface area contributed by atoms with Crippen LogP contribution in [0.15, 0.2) is 84.9 Å². The summed E-state index contributed by atoms with van der Waals surface area (Å²) in [5, 5.41) is 2.66. The van der Waals surface area contributed by atoms with Crippen LogP contribution in [0.5, 0.6) is 0 Å². The molecule has 0 heterocycles. The Hall–Kier alpha value is -4.26. The first-order valence-corrected chi connectivity index (χ1v) is 11.8. The van der Waals surface area contributed by atoms with Gasteiger partial charge in [0.2, 0.25) is 5.91 Å². The van der Waals surface area contributed by atoms with Crippen LogP contribution < -0.4 is 5.32 Å². The first-order chi connectivity index (χ1) is 17.4. The molecule has 3 rings (SSSR count).